The Morgan fingerprint density at radius 1 is 1.14 bits per heavy atom. The summed E-state index contributed by atoms with van der Waals surface area (Å²) in [6.07, 6.45) is 0.924. The number of benzene rings is 2. The molecular weight excluding hydrogens is 390 g/mol. The van der Waals surface area contributed by atoms with Crippen molar-refractivity contribution >= 4 is 51.7 Å². The largest absolute Gasteiger partial charge is 0.480 e. The molecule has 8 heteroatoms. The van der Waals surface area contributed by atoms with Crippen molar-refractivity contribution in [2.45, 2.75) is 13.3 Å². The summed E-state index contributed by atoms with van der Waals surface area (Å²) in [5.41, 5.74) is 3.12. The average molecular weight is 407 g/mol. The maximum Gasteiger partial charge on any atom is 0.323 e. The summed E-state index contributed by atoms with van der Waals surface area (Å²) in [6.45, 7) is 1.60. The lowest BCUT2D eigenvalue weighted by Crippen LogP contribution is -2.32. The first-order chi connectivity index (χ1) is 14.0. The van der Waals surface area contributed by atoms with E-state index >= 15 is 0 Å². The quantitative estimate of drug-likeness (QED) is 0.760. The summed E-state index contributed by atoms with van der Waals surface area (Å²) in [4.78, 5) is 42.6. The maximum atomic E-state index is 12.9. The van der Waals surface area contributed by atoms with Gasteiger partial charge >= 0.3 is 5.97 Å². The van der Waals surface area contributed by atoms with Crippen LogP contribution in [0.4, 0.5) is 11.4 Å². The summed E-state index contributed by atoms with van der Waals surface area (Å²) in [5.74, 6) is -2.05. The van der Waals surface area contributed by atoms with Gasteiger partial charge in [0.15, 0.2) is 5.17 Å². The normalized spacial score (nSPS) is 19.6. The standard InChI is InChI=1S/C21H17N3O4S/c1-2-12-7-9-13(10-8-12)22-21-23-19(27)18(29-21)17-14-5-3-4-6-15(14)24(20(17)28)11-16(25)26/h3-10H,2,11H2,1H3,(H,25,26)(H,22,23,27)/b18-17-. The van der Waals surface area contributed by atoms with Gasteiger partial charge in [0.2, 0.25) is 0 Å². The molecule has 0 spiro atoms. The van der Waals surface area contributed by atoms with Crippen LogP contribution in [0.5, 0.6) is 0 Å². The number of fused-ring (bicyclic) bond motifs is 1. The molecule has 0 atom stereocenters. The number of carbonyl (C=O) groups excluding carboxylic acids is 2. The van der Waals surface area contributed by atoms with E-state index < -0.39 is 24.3 Å². The number of carboxylic acids is 1. The highest BCUT2D eigenvalue weighted by atomic mass is 32.2. The van der Waals surface area contributed by atoms with E-state index in [0.717, 1.165) is 18.2 Å². The highest BCUT2D eigenvalue weighted by molar-refractivity contribution is 8.18. The molecule has 0 aromatic heterocycles. The summed E-state index contributed by atoms with van der Waals surface area (Å²) in [6, 6.07) is 14.5. The fourth-order valence-corrected chi connectivity index (χ4v) is 4.18. The third-order valence-electron chi connectivity index (χ3n) is 4.64. The topological polar surface area (TPSA) is 99.1 Å². The van der Waals surface area contributed by atoms with Crippen molar-refractivity contribution in [1.82, 2.24) is 5.32 Å². The van der Waals surface area contributed by atoms with Crippen LogP contribution in [0, 0.1) is 0 Å². The molecule has 2 aliphatic rings. The van der Waals surface area contributed by atoms with Gasteiger partial charge in [-0.3, -0.25) is 19.3 Å². The molecule has 2 aliphatic heterocycles. The molecule has 0 saturated carbocycles. The molecule has 0 bridgehead atoms. The number of amidine groups is 1. The molecule has 4 rings (SSSR count). The van der Waals surface area contributed by atoms with Crippen LogP contribution in [0.25, 0.3) is 5.57 Å². The fraction of sp³-hybridized carbons (Fsp3) is 0.143. The van der Waals surface area contributed by atoms with Gasteiger partial charge in [0, 0.05) is 5.56 Å². The Morgan fingerprint density at radius 3 is 2.55 bits per heavy atom. The molecule has 146 valence electrons. The average Bonchev–Trinajstić information content (AvgIpc) is 3.19. The number of hydrogen-bond acceptors (Lipinski definition) is 5. The zero-order valence-corrected chi connectivity index (χ0v) is 16.3. The molecule has 0 aliphatic carbocycles. The van der Waals surface area contributed by atoms with Crippen molar-refractivity contribution in [2.24, 2.45) is 4.99 Å². The predicted octanol–water partition coefficient (Wildman–Crippen LogP) is 2.94. The van der Waals surface area contributed by atoms with Gasteiger partial charge in [-0.15, -0.1) is 0 Å². The number of thioether (sulfide) groups is 1. The van der Waals surface area contributed by atoms with Crippen LogP contribution in [-0.4, -0.2) is 34.6 Å². The lowest BCUT2D eigenvalue weighted by atomic mass is 10.1. The van der Waals surface area contributed by atoms with Crippen LogP contribution in [0.2, 0.25) is 0 Å². The van der Waals surface area contributed by atoms with Gasteiger partial charge in [0.25, 0.3) is 11.8 Å². The van der Waals surface area contributed by atoms with Gasteiger partial charge in [0.05, 0.1) is 21.9 Å². The predicted molar refractivity (Wildman–Crippen MR) is 112 cm³/mol. The Labute approximate surface area is 171 Å². The molecule has 1 fully saturated rings. The lowest BCUT2D eigenvalue weighted by molar-refractivity contribution is -0.136. The molecule has 2 aromatic rings. The van der Waals surface area contributed by atoms with Crippen molar-refractivity contribution in [1.29, 1.82) is 0 Å². The third-order valence-corrected chi connectivity index (χ3v) is 5.62. The number of nitrogens with one attached hydrogen (secondary N) is 1. The number of para-hydroxylation sites is 1. The minimum absolute atomic E-state index is 0.205. The zero-order valence-electron chi connectivity index (χ0n) is 15.5. The van der Waals surface area contributed by atoms with E-state index in [9.17, 15) is 14.4 Å². The molecular formula is C21H17N3O4S. The van der Waals surface area contributed by atoms with Crippen LogP contribution < -0.4 is 10.2 Å². The number of aliphatic imine (C=N–C) groups is 1. The van der Waals surface area contributed by atoms with Crippen LogP contribution in [-0.2, 0) is 20.8 Å². The minimum atomic E-state index is -1.12. The second-order valence-electron chi connectivity index (χ2n) is 6.50. The van der Waals surface area contributed by atoms with Crippen LogP contribution in [0.1, 0.15) is 18.1 Å². The van der Waals surface area contributed by atoms with Crippen molar-refractivity contribution in [3.63, 3.8) is 0 Å². The molecule has 0 unspecified atom stereocenters. The molecule has 29 heavy (non-hydrogen) atoms. The van der Waals surface area contributed by atoms with Crippen LogP contribution in [0.15, 0.2) is 58.4 Å². The number of aryl methyl sites for hydroxylation is 1. The molecule has 1 saturated heterocycles. The second kappa shape index (κ2) is 7.56. The number of amides is 2. The van der Waals surface area contributed by atoms with Gasteiger partial charge in [-0.1, -0.05) is 37.3 Å². The Bertz CT molecular complexity index is 1090. The number of anilines is 1. The van der Waals surface area contributed by atoms with E-state index in [1.54, 1.807) is 24.3 Å². The Balaban J connectivity index is 1.71. The Kier molecular flexibility index (Phi) is 4.94. The molecule has 2 N–H and O–H groups in total. The molecule has 2 amide bonds. The van der Waals surface area contributed by atoms with Crippen molar-refractivity contribution in [2.75, 3.05) is 11.4 Å². The first-order valence-electron chi connectivity index (χ1n) is 9.02. The van der Waals surface area contributed by atoms with Crippen LogP contribution >= 0.6 is 11.8 Å². The second-order valence-corrected chi connectivity index (χ2v) is 7.50. The van der Waals surface area contributed by atoms with E-state index in [0.29, 0.717) is 22.1 Å². The molecule has 7 nitrogen and oxygen atoms in total. The smallest absolute Gasteiger partial charge is 0.323 e. The number of nitrogens with zero attached hydrogens (tertiary/aromatic N) is 2. The number of carbonyl (C=O) groups is 3. The SMILES string of the molecule is CCc1ccc(N=C2NC(=O)/C(=C3/C(=O)N(CC(=O)O)c4ccccc43)S2)cc1. The van der Waals surface area contributed by atoms with E-state index in [1.807, 2.05) is 24.3 Å². The first-order valence-corrected chi connectivity index (χ1v) is 9.83. The van der Waals surface area contributed by atoms with Gasteiger partial charge in [-0.2, -0.15) is 0 Å². The van der Waals surface area contributed by atoms with Crippen molar-refractivity contribution in [3.8, 4) is 0 Å². The van der Waals surface area contributed by atoms with Gasteiger partial charge in [-0.05, 0) is 41.9 Å². The van der Waals surface area contributed by atoms with Gasteiger partial charge < -0.3 is 10.4 Å². The fourth-order valence-electron chi connectivity index (χ4n) is 3.25. The summed E-state index contributed by atoms with van der Waals surface area (Å²) < 4.78 is 0. The summed E-state index contributed by atoms with van der Waals surface area (Å²) in [5, 5.41) is 12.2. The van der Waals surface area contributed by atoms with E-state index in [4.69, 9.17) is 5.11 Å². The third kappa shape index (κ3) is 3.54. The number of rotatable bonds is 4. The summed E-state index contributed by atoms with van der Waals surface area (Å²) in [7, 11) is 0. The van der Waals surface area contributed by atoms with E-state index in [2.05, 4.69) is 17.2 Å². The number of carboxylic acid groups (broad SMARTS) is 1. The highest BCUT2D eigenvalue weighted by Crippen LogP contribution is 2.42. The first kappa shape index (κ1) is 18.9. The van der Waals surface area contributed by atoms with Gasteiger partial charge in [0.1, 0.15) is 6.54 Å². The number of aliphatic carboxylic acids is 1. The lowest BCUT2D eigenvalue weighted by Gasteiger charge is -2.13. The monoisotopic (exact) mass is 407 g/mol. The van der Waals surface area contributed by atoms with Gasteiger partial charge in [-0.25, -0.2) is 4.99 Å². The zero-order chi connectivity index (χ0) is 20.5. The molecule has 2 heterocycles. The number of hydrogen-bond donors (Lipinski definition) is 2. The maximum absolute atomic E-state index is 12.9. The van der Waals surface area contributed by atoms with E-state index in [-0.39, 0.29) is 10.5 Å². The minimum Gasteiger partial charge on any atom is -0.480 e. The van der Waals surface area contributed by atoms with Crippen molar-refractivity contribution in [3.05, 3.63) is 64.6 Å². The van der Waals surface area contributed by atoms with Crippen molar-refractivity contribution < 1.29 is 19.5 Å². The van der Waals surface area contributed by atoms with E-state index in [1.165, 1.54) is 10.5 Å². The summed E-state index contributed by atoms with van der Waals surface area (Å²) >= 11 is 1.08. The Hall–Kier alpha value is -3.39. The highest BCUT2D eigenvalue weighted by Gasteiger charge is 2.39. The Morgan fingerprint density at radius 2 is 1.86 bits per heavy atom. The molecule has 2 aromatic carbocycles. The van der Waals surface area contributed by atoms with Crippen LogP contribution in [0.3, 0.4) is 0 Å². The molecule has 0 radical (unpaired) electrons.